The molecule has 0 saturated carbocycles. The molecule has 3 rings (SSSR count). The minimum Gasteiger partial charge on any atom is -0.396 e. The number of anilines is 1. The first kappa shape index (κ1) is 9.84. The van der Waals surface area contributed by atoms with Crippen LogP contribution in [0, 0.1) is 6.92 Å². The van der Waals surface area contributed by atoms with Gasteiger partial charge in [-0.25, -0.2) is 9.97 Å². The molecule has 84 valence electrons. The fraction of sp³-hybridized carbons (Fsp3) is 0.0769. The van der Waals surface area contributed by atoms with Gasteiger partial charge in [0, 0.05) is 11.8 Å². The summed E-state index contributed by atoms with van der Waals surface area (Å²) in [5, 5.41) is 0. The second-order valence-electron chi connectivity index (χ2n) is 4.07. The van der Waals surface area contributed by atoms with Crippen LogP contribution in [0.4, 0.5) is 5.69 Å². The van der Waals surface area contributed by atoms with Crippen molar-refractivity contribution in [1.82, 2.24) is 14.4 Å². The summed E-state index contributed by atoms with van der Waals surface area (Å²) in [6.07, 6.45) is 5.27. The maximum atomic E-state index is 5.75. The summed E-state index contributed by atoms with van der Waals surface area (Å²) >= 11 is 0. The van der Waals surface area contributed by atoms with Crippen molar-refractivity contribution in [1.29, 1.82) is 0 Å². The topological polar surface area (TPSA) is 56.2 Å². The molecule has 3 aromatic rings. The molecule has 0 bridgehead atoms. The monoisotopic (exact) mass is 224 g/mol. The molecule has 0 aliphatic heterocycles. The lowest BCUT2D eigenvalue weighted by Gasteiger charge is -2.03. The number of fused-ring (bicyclic) bond motifs is 1. The minimum atomic E-state index is 0.629. The van der Waals surface area contributed by atoms with Crippen molar-refractivity contribution >= 4 is 11.5 Å². The van der Waals surface area contributed by atoms with Gasteiger partial charge < -0.3 is 5.73 Å². The molecule has 1 aromatic carbocycles. The minimum absolute atomic E-state index is 0.629. The van der Waals surface area contributed by atoms with Gasteiger partial charge in [0.1, 0.15) is 0 Å². The first-order valence-electron chi connectivity index (χ1n) is 5.40. The zero-order chi connectivity index (χ0) is 11.8. The summed E-state index contributed by atoms with van der Waals surface area (Å²) in [6.45, 7) is 2.07. The van der Waals surface area contributed by atoms with Gasteiger partial charge in [0.2, 0.25) is 5.78 Å². The van der Waals surface area contributed by atoms with Crippen molar-refractivity contribution in [2.45, 2.75) is 6.92 Å². The first-order valence-corrected chi connectivity index (χ1v) is 5.40. The molecule has 4 heteroatoms. The molecule has 17 heavy (non-hydrogen) atoms. The van der Waals surface area contributed by atoms with E-state index in [9.17, 15) is 0 Å². The number of nitrogens with two attached hydrogens (primary N) is 1. The second kappa shape index (κ2) is 3.59. The molecule has 0 unspecified atom stereocenters. The molecular weight excluding hydrogens is 212 g/mol. The highest BCUT2D eigenvalue weighted by Gasteiger charge is 2.06. The molecular formula is C13H12N4. The Balaban J connectivity index is 2.27. The molecule has 2 heterocycles. The molecule has 0 fully saturated rings. The number of hydrogen-bond acceptors (Lipinski definition) is 3. The molecule has 0 aliphatic carbocycles. The van der Waals surface area contributed by atoms with E-state index in [0.29, 0.717) is 11.5 Å². The fourth-order valence-electron chi connectivity index (χ4n) is 1.91. The molecule has 0 amide bonds. The normalized spacial score (nSPS) is 10.9. The molecule has 0 saturated heterocycles. The van der Waals surface area contributed by atoms with Crippen LogP contribution in [-0.2, 0) is 0 Å². The number of nitrogen functional groups attached to an aromatic ring is 1. The number of rotatable bonds is 1. The van der Waals surface area contributed by atoms with E-state index in [1.54, 1.807) is 6.20 Å². The second-order valence-corrected chi connectivity index (χ2v) is 4.07. The van der Waals surface area contributed by atoms with Gasteiger partial charge in [0.15, 0.2) is 0 Å². The average molecular weight is 224 g/mol. The highest BCUT2D eigenvalue weighted by Crippen LogP contribution is 2.21. The Morgan fingerprint density at radius 2 is 2.00 bits per heavy atom. The van der Waals surface area contributed by atoms with E-state index < -0.39 is 0 Å². The maximum absolute atomic E-state index is 5.75. The van der Waals surface area contributed by atoms with E-state index in [0.717, 1.165) is 11.3 Å². The average Bonchev–Trinajstić information content (AvgIpc) is 2.71. The zero-order valence-corrected chi connectivity index (χ0v) is 9.46. The van der Waals surface area contributed by atoms with Crippen LogP contribution in [-0.4, -0.2) is 14.4 Å². The summed E-state index contributed by atoms with van der Waals surface area (Å²) in [6, 6.07) is 8.27. The van der Waals surface area contributed by atoms with Crippen LogP contribution in [0.3, 0.4) is 0 Å². The molecule has 0 aliphatic rings. The lowest BCUT2D eigenvalue weighted by atomic mass is 10.1. The van der Waals surface area contributed by atoms with Gasteiger partial charge in [-0.05, 0) is 13.0 Å². The van der Waals surface area contributed by atoms with Crippen LogP contribution in [0.1, 0.15) is 5.56 Å². The van der Waals surface area contributed by atoms with E-state index in [2.05, 4.69) is 35.1 Å². The smallest absolute Gasteiger partial charge is 0.234 e. The molecule has 0 radical (unpaired) electrons. The van der Waals surface area contributed by atoms with E-state index in [4.69, 9.17) is 5.73 Å². The molecule has 0 spiro atoms. The van der Waals surface area contributed by atoms with Crippen LogP contribution in [0.2, 0.25) is 0 Å². The van der Waals surface area contributed by atoms with Gasteiger partial charge in [-0.3, -0.25) is 4.40 Å². The lowest BCUT2D eigenvalue weighted by molar-refractivity contribution is 1.12. The third-order valence-electron chi connectivity index (χ3n) is 2.70. The standard InChI is InChI=1S/C13H12N4/c1-9-3-2-4-10(5-9)12-7-16-13-15-6-11(14)8-17(12)13/h2-8H,14H2,1H3. The van der Waals surface area contributed by atoms with Crippen molar-refractivity contribution in [2.24, 2.45) is 0 Å². The zero-order valence-electron chi connectivity index (χ0n) is 9.46. The number of aryl methyl sites for hydroxylation is 1. The van der Waals surface area contributed by atoms with E-state index >= 15 is 0 Å². The van der Waals surface area contributed by atoms with Crippen LogP contribution in [0.5, 0.6) is 0 Å². The van der Waals surface area contributed by atoms with Gasteiger partial charge in [-0.2, -0.15) is 0 Å². The summed E-state index contributed by atoms with van der Waals surface area (Å²) in [5.74, 6) is 0.663. The van der Waals surface area contributed by atoms with Crippen LogP contribution >= 0.6 is 0 Å². The highest BCUT2D eigenvalue weighted by atomic mass is 15.1. The number of aromatic nitrogens is 3. The third-order valence-corrected chi connectivity index (χ3v) is 2.70. The van der Waals surface area contributed by atoms with E-state index in [1.165, 1.54) is 5.56 Å². The van der Waals surface area contributed by atoms with Crippen molar-refractivity contribution in [3.05, 3.63) is 48.4 Å². The Morgan fingerprint density at radius 1 is 1.18 bits per heavy atom. The van der Waals surface area contributed by atoms with Crippen LogP contribution < -0.4 is 5.73 Å². The van der Waals surface area contributed by atoms with E-state index in [1.807, 2.05) is 22.9 Å². The van der Waals surface area contributed by atoms with Crippen molar-refractivity contribution in [2.75, 3.05) is 5.73 Å². The number of benzene rings is 1. The fourth-order valence-corrected chi connectivity index (χ4v) is 1.91. The van der Waals surface area contributed by atoms with Crippen molar-refractivity contribution < 1.29 is 0 Å². The number of hydrogen-bond donors (Lipinski definition) is 1. The molecule has 0 atom stereocenters. The largest absolute Gasteiger partial charge is 0.396 e. The quantitative estimate of drug-likeness (QED) is 0.690. The Kier molecular flexibility index (Phi) is 2.08. The highest BCUT2D eigenvalue weighted by molar-refractivity contribution is 5.63. The molecule has 2 N–H and O–H groups in total. The van der Waals surface area contributed by atoms with E-state index in [-0.39, 0.29) is 0 Å². The van der Waals surface area contributed by atoms with Crippen molar-refractivity contribution in [3.63, 3.8) is 0 Å². The van der Waals surface area contributed by atoms with Crippen LogP contribution in [0.15, 0.2) is 42.9 Å². The predicted octanol–water partition coefficient (Wildman–Crippen LogP) is 2.29. The Bertz CT molecular complexity index is 685. The first-order chi connectivity index (χ1) is 8.24. The summed E-state index contributed by atoms with van der Waals surface area (Å²) in [5.41, 5.74) is 9.71. The maximum Gasteiger partial charge on any atom is 0.234 e. The van der Waals surface area contributed by atoms with Gasteiger partial charge >= 0.3 is 0 Å². The van der Waals surface area contributed by atoms with Crippen molar-refractivity contribution in [3.8, 4) is 11.3 Å². The SMILES string of the molecule is Cc1cccc(-c2cnc3ncc(N)cn23)c1. The number of imidazole rings is 1. The van der Waals surface area contributed by atoms with Crippen LogP contribution in [0.25, 0.3) is 17.0 Å². The molecule has 2 aromatic heterocycles. The van der Waals surface area contributed by atoms with Gasteiger partial charge in [-0.15, -0.1) is 0 Å². The summed E-state index contributed by atoms with van der Waals surface area (Å²) in [4.78, 5) is 8.44. The molecule has 4 nitrogen and oxygen atoms in total. The predicted molar refractivity (Wildman–Crippen MR) is 67.6 cm³/mol. The Hall–Kier alpha value is -2.36. The third kappa shape index (κ3) is 1.63. The lowest BCUT2D eigenvalue weighted by Crippen LogP contribution is -1.95. The summed E-state index contributed by atoms with van der Waals surface area (Å²) in [7, 11) is 0. The summed E-state index contributed by atoms with van der Waals surface area (Å²) < 4.78 is 1.91. The van der Waals surface area contributed by atoms with Gasteiger partial charge in [0.25, 0.3) is 0 Å². The van der Waals surface area contributed by atoms with Gasteiger partial charge in [0.05, 0.1) is 23.8 Å². The van der Waals surface area contributed by atoms with Gasteiger partial charge in [-0.1, -0.05) is 23.8 Å². The Labute approximate surface area is 98.8 Å². The number of nitrogens with zero attached hydrogens (tertiary/aromatic N) is 3. The Morgan fingerprint density at radius 3 is 2.82 bits per heavy atom.